The van der Waals surface area contributed by atoms with Gasteiger partial charge >= 0.3 is 0 Å². The van der Waals surface area contributed by atoms with Gasteiger partial charge in [0.25, 0.3) is 0 Å². The van der Waals surface area contributed by atoms with Crippen molar-refractivity contribution < 1.29 is 0 Å². The van der Waals surface area contributed by atoms with Crippen molar-refractivity contribution in [1.82, 2.24) is 15.0 Å². The van der Waals surface area contributed by atoms with Gasteiger partial charge in [-0.3, -0.25) is 0 Å². The van der Waals surface area contributed by atoms with E-state index in [4.69, 9.17) is 23.2 Å². The molecule has 0 spiro atoms. The second kappa shape index (κ2) is 5.38. The molecule has 88 valence electrons. The molecule has 1 fully saturated rings. The zero-order valence-corrected chi connectivity index (χ0v) is 11.1. The van der Waals surface area contributed by atoms with Crippen molar-refractivity contribution in [2.24, 2.45) is 0 Å². The molecule has 1 aliphatic rings. The monoisotopic (exact) mass is 278 g/mol. The fraction of sp³-hybridized carbons (Fsp3) is 0.667. The Morgan fingerprint density at radius 2 is 1.88 bits per heavy atom. The molecule has 1 saturated carbocycles. The molecule has 2 rings (SSSR count). The van der Waals surface area contributed by atoms with Gasteiger partial charge in [-0.05, 0) is 42.3 Å². The van der Waals surface area contributed by atoms with E-state index in [2.05, 4.69) is 26.5 Å². The molecule has 7 heteroatoms. The molecule has 2 atom stereocenters. The molecule has 1 N–H and O–H groups in total. The lowest BCUT2D eigenvalue weighted by Crippen LogP contribution is -2.26. The van der Waals surface area contributed by atoms with E-state index in [1.54, 1.807) is 0 Å². The first kappa shape index (κ1) is 12.2. The molecule has 0 aromatic carbocycles. The molecule has 0 amide bonds. The Morgan fingerprint density at radius 3 is 2.50 bits per heavy atom. The Morgan fingerprint density at radius 1 is 1.19 bits per heavy atom. The molecular formula is C9H12Cl2N4S. The molecule has 1 aliphatic carbocycles. The molecule has 1 aromatic heterocycles. The van der Waals surface area contributed by atoms with Gasteiger partial charge in [-0.1, -0.05) is 6.42 Å². The van der Waals surface area contributed by atoms with Gasteiger partial charge in [0.05, 0.1) is 0 Å². The smallest absolute Gasteiger partial charge is 0.228 e. The van der Waals surface area contributed by atoms with E-state index >= 15 is 0 Å². The van der Waals surface area contributed by atoms with Crippen LogP contribution < -0.4 is 5.32 Å². The highest BCUT2D eigenvalue weighted by Crippen LogP contribution is 2.30. The zero-order valence-electron chi connectivity index (χ0n) is 8.78. The number of nitrogens with one attached hydrogen (secondary N) is 1. The average Bonchev–Trinajstić information content (AvgIpc) is 2.63. The molecule has 0 radical (unpaired) electrons. The third kappa shape index (κ3) is 2.90. The van der Waals surface area contributed by atoms with Crippen LogP contribution in [0.15, 0.2) is 0 Å². The predicted molar refractivity (Wildman–Crippen MR) is 68.4 cm³/mol. The lowest BCUT2D eigenvalue weighted by atomic mass is 10.2. The molecule has 0 saturated heterocycles. The van der Waals surface area contributed by atoms with Gasteiger partial charge in [0.2, 0.25) is 16.5 Å². The first-order chi connectivity index (χ1) is 7.69. The van der Waals surface area contributed by atoms with Crippen LogP contribution in [0.2, 0.25) is 10.6 Å². The molecule has 1 aromatic rings. The van der Waals surface area contributed by atoms with Crippen LogP contribution in [0.3, 0.4) is 0 Å². The van der Waals surface area contributed by atoms with Crippen molar-refractivity contribution in [3.05, 3.63) is 10.6 Å². The molecule has 0 bridgehead atoms. The molecular weight excluding hydrogens is 267 g/mol. The summed E-state index contributed by atoms with van der Waals surface area (Å²) in [5, 5.41) is 4.13. The number of aromatic nitrogens is 3. The van der Waals surface area contributed by atoms with Crippen LogP contribution >= 0.6 is 35.0 Å². The van der Waals surface area contributed by atoms with E-state index in [1.807, 2.05) is 11.8 Å². The van der Waals surface area contributed by atoms with E-state index in [1.165, 1.54) is 12.8 Å². The number of halogens is 2. The highest BCUT2D eigenvalue weighted by Gasteiger charge is 2.27. The lowest BCUT2D eigenvalue weighted by molar-refractivity contribution is 0.754. The maximum absolute atomic E-state index is 5.71. The van der Waals surface area contributed by atoms with Gasteiger partial charge in [0, 0.05) is 11.3 Å². The highest BCUT2D eigenvalue weighted by atomic mass is 35.5. The normalized spacial score (nSPS) is 24.7. The first-order valence-electron chi connectivity index (χ1n) is 5.05. The Bertz CT molecular complexity index is 356. The minimum Gasteiger partial charge on any atom is -0.350 e. The van der Waals surface area contributed by atoms with E-state index in [-0.39, 0.29) is 10.6 Å². The third-order valence-electron chi connectivity index (χ3n) is 2.65. The van der Waals surface area contributed by atoms with E-state index in [0.29, 0.717) is 17.2 Å². The van der Waals surface area contributed by atoms with Gasteiger partial charge in [-0.25, -0.2) is 0 Å². The van der Waals surface area contributed by atoms with Crippen LogP contribution in [-0.2, 0) is 0 Å². The third-order valence-corrected chi connectivity index (χ3v) is 4.16. The summed E-state index contributed by atoms with van der Waals surface area (Å²) in [6.07, 6.45) is 5.71. The highest BCUT2D eigenvalue weighted by molar-refractivity contribution is 7.99. The first-order valence-corrected chi connectivity index (χ1v) is 7.10. The maximum atomic E-state index is 5.71. The summed E-state index contributed by atoms with van der Waals surface area (Å²) < 4.78 is 0. The van der Waals surface area contributed by atoms with Crippen LogP contribution in [0.25, 0.3) is 0 Å². The Hall–Kier alpha value is -0.260. The maximum Gasteiger partial charge on any atom is 0.228 e. The summed E-state index contributed by atoms with van der Waals surface area (Å²) in [5.74, 6) is 0.468. The van der Waals surface area contributed by atoms with Gasteiger partial charge in [0.1, 0.15) is 0 Å². The standard InChI is InChI=1S/C9H12Cl2N4S/c1-16-6-4-2-3-5(6)12-9-14-7(10)13-8(11)15-9/h5-6H,2-4H2,1H3,(H,12,13,14,15). The van der Waals surface area contributed by atoms with Crippen molar-refractivity contribution >= 4 is 40.9 Å². The second-order valence-corrected chi connectivity index (χ2v) is 5.41. The van der Waals surface area contributed by atoms with Crippen LogP contribution in [0.4, 0.5) is 5.95 Å². The van der Waals surface area contributed by atoms with E-state index < -0.39 is 0 Å². The number of anilines is 1. The van der Waals surface area contributed by atoms with Crippen molar-refractivity contribution in [2.45, 2.75) is 30.6 Å². The van der Waals surface area contributed by atoms with Gasteiger partial charge in [-0.15, -0.1) is 0 Å². The zero-order chi connectivity index (χ0) is 11.5. The molecule has 4 nitrogen and oxygen atoms in total. The van der Waals surface area contributed by atoms with Crippen LogP contribution in [0, 0.1) is 0 Å². The minimum absolute atomic E-state index is 0.126. The topological polar surface area (TPSA) is 50.7 Å². The van der Waals surface area contributed by atoms with Crippen LogP contribution in [0.5, 0.6) is 0 Å². The van der Waals surface area contributed by atoms with Gasteiger partial charge < -0.3 is 5.32 Å². The fourth-order valence-electron chi connectivity index (χ4n) is 1.93. The lowest BCUT2D eigenvalue weighted by Gasteiger charge is -2.18. The minimum atomic E-state index is 0.126. The van der Waals surface area contributed by atoms with Crippen molar-refractivity contribution in [3.63, 3.8) is 0 Å². The number of rotatable bonds is 3. The molecule has 16 heavy (non-hydrogen) atoms. The molecule has 2 unspecified atom stereocenters. The number of nitrogens with zero attached hydrogens (tertiary/aromatic N) is 3. The average molecular weight is 279 g/mol. The molecule has 1 heterocycles. The Labute approximate surface area is 109 Å². The summed E-state index contributed by atoms with van der Waals surface area (Å²) >= 11 is 13.3. The number of thioether (sulfide) groups is 1. The van der Waals surface area contributed by atoms with Crippen molar-refractivity contribution in [3.8, 4) is 0 Å². The van der Waals surface area contributed by atoms with Crippen LogP contribution in [-0.4, -0.2) is 32.5 Å². The quantitative estimate of drug-likeness (QED) is 0.922. The SMILES string of the molecule is CSC1CCCC1Nc1nc(Cl)nc(Cl)n1. The number of hydrogen-bond acceptors (Lipinski definition) is 5. The largest absolute Gasteiger partial charge is 0.350 e. The van der Waals surface area contributed by atoms with Gasteiger partial charge in [-0.2, -0.15) is 26.7 Å². The van der Waals surface area contributed by atoms with E-state index in [0.717, 1.165) is 6.42 Å². The summed E-state index contributed by atoms with van der Waals surface area (Å²) in [5.41, 5.74) is 0. The van der Waals surface area contributed by atoms with E-state index in [9.17, 15) is 0 Å². The van der Waals surface area contributed by atoms with Crippen LogP contribution in [0.1, 0.15) is 19.3 Å². The van der Waals surface area contributed by atoms with Crippen molar-refractivity contribution in [1.29, 1.82) is 0 Å². The predicted octanol–water partition coefficient (Wildman–Crippen LogP) is 2.87. The summed E-state index contributed by atoms with van der Waals surface area (Å²) in [7, 11) is 0. The summed E-state index contributed by atoms with van der Waals surface area (Å²) in [6, 6.07) is 0.393. The summed E-state index contributed by atoms with van der Waals surface area (Å²) in [6.45, 7) is 0. The second-order valence-electron chi connectivity index (χ2n) is 3.65. The van der Waals surface area contributed by atoms with Crippen molar-refractivity contribution in [2.75, 3.05) is 11.6 Å². The number of hydrogen-bond donors (Lipinski definition) is 1. The van der Waals surface area contributed by atoms with Gasteiger partial charge in [0.15, 0.2) is 0 Å². The fourth-order valence-corrected chi connectivity index (χ4v) is 3.23. The Kier molecular flexibility index (Phi) is 4.10. The molecule has 0 aliphatic heterocycles. The summed E-state index contributed by atoms with van der Waals surface area (Å²) in [4.78, 5) is 11.7. The Balaban J connectivity index is 2.08.